The summed E-state index contributed by atoms with van der Waals surface area (Å²) in [6, 6.07) is 9.50. The van der Waals surface area contributed by atoms with Gasteiger partial charge in [0.1, 0.15) is 0 Å². The van der Waals surface area contributed by atoms with Crippen molar-refractivity contribution in [1.29, 1.82) is 0 Å². The summed E-state index contributed by atoms with van der Waals surface area (Å²) in [6.07, 6.45) is -3.98. The first kappa shape index (κ1) is 20.8. The molecule has 29 heavy (non-hydrogen) atoms. The van der Waals surface area contributed by atoms with Gasteiger partial charge in [0.25, 0.3) is 11.5 Å². The van der Waals surface area contributed by atoms with E-state index in [4.69, 9.17) is 12.2 Å². The van der Waals surface area contributed by atoms with E-state index in [-0.39, 0.29) is 22.8 Å². The number of aromatic nitrogens is 2. The van der Waals surface area contributed by atoms with Crippen LogP contribution in [0.3, 0.4) is 0 Å². The van der Waals surface area contributed by atoms with Gasteiger partial charge in [-0.05, 0) is 61.5 Å². The first-order chi connectivity index (χ1) is 13.7. The summed E-state index contributed by atoms with van der Waals surface area (Å²) in [7, 11) is 0. The predicted octanol–water partition coefficient (Wildman–Crippen LogP) is 4.07. The second-order valence-electron chi connectivity index (χ2n) is 6.44. The Bertz CT molecular complexity index is 1160. The molecule has 0 radical (unpaired) electrons. The number of alkyl halides is 3. The van der Waals surface area contributed by atoms with Crippen LogP contribution in [-0.2, 0) is 19.1 Å². The fraction of sp³-hybridized carbons (Fsp3) is 0.250. The largest absolute Gasteiger partial charge is 0.416 e. The quantitative estimate of drug-likeness (QED) is 0.611. The first-order valence-corrected chi connectivity index (χ1v) is 9.32. The molecule has 0 spiro atoms. The molecular weight excluding hydrogens is 403 g/mol. The molecule has 0 aliphatic heterocycles. The number of halogens is 3. The van der Waals surface area contributed by atoms with Crippen LogP contribution in [0.25, 0.3) is 10.9 Å². The van der Waals surface area contributed by atoms with E-state index in [0.29, 0.717) is 35.0 Å². The van der Waals surface area contributed by atoms with Gasteiger partial charge in [-0.2, -0.15) is 13.2 Å². The highest BCUT2D eigenvalue weighted by atomic mass is 32.1. The van der Waals surface area contributed by atoms with Gasteiger partial charge in [-0.3, -0.25) is 14.2 Å². The van der Waals surface area contributed by atoms with Crippen molar-refractivity contribution in [1.82, 2.24) is 14.9 Å². The lowest BCUT2D eigenvalue weighted by Crippen LogP contribution is -2.26. The number of rotatable bonds is 5. The van der Waals surface area contributed by atoms with Crippen LogP contribution in [0.2, 0.25) is 0 Å². The molecule has 1 amide bonds. The first-order valence-electron chi connectivity index (χ1n) is 8.92. The molecule has 2 N–H and O–H groups in total. The summed E-state index contributed by atoms with van der Waals surface area (Å²) in [5.41, 5.74) is 0.576. The van der Waals surface area contributed by atoms with E-state index in [1.165, 1.54) is 16.7 Å². The highest BCUT2D eigenvalue weighted by Gasteiger charge is 2.29. The number of carbonyl (C=O) groups is 1. The van der Waals surface area contributed by atoms with E-state index < -0.39 is 11.7 Å². The molecular formula is C20H18F3N3O2S. The summed E-state index contributed by atoms with van der Waals surface area (Å²) in [5, 5.41) is 3.16. The number of hydrogen-bond donors (Lipinski definition) is 2. The fourth-order valence-electron chi connectivity index (χ4n) is 2.97. The van der Waals surface area contributed by atoms with E-state index in [1.54, 1.807) is 18.2 Å². The van der Waals surface area contributed by atoms with E-state index in [1.807, 2.05) is 6.92 Å². The molecule has 0 aliphatic carbocycles. The minimum absolute atomic E-state index is 0.222. The molecule has 9 heteroatoms. The van der Waals surface area contributed by atoms with Gasteiger partial charge in [0.2, 0.25) is 0 Å². The smallest absolute Gasteiger partial charge is 0.352 e. The Kier molecular flexibility index (Phi) is 5.88. The summed E-state index contributed by atoms with van der Waals surface area (Å²) in [6.45, 7) is 2.52. The summed E-state index contributed by atoms with van der Waals surface area (Å²) < 4.78 is 39.5. The van der Waals surface area contributed by atoms with Gasteiger partial charge in [0.15, 0.2) is 4.77 Å². The van der Waals surface area contributed by atoms with Crippen LogP contribution in [-0.4, -0.2) is 22.0 Å². The van der Waals surface area contributed by atoms with Gasteiger partial charge in [-0.25, -0.2) is 0 Å². The van der Waals surface area contributed by atoms with Crippen LogP contribution in [0.5, 0.6) is 0 Å². The SMILES string of the molecule is CCn1c(=S)[nH]c2cc(C(=O)NCCc3ccc(C(F)(F)F)cc3)ccc2c1=O. The van der Waals surface area contributed by atoms with Gasteiger partial charge < -0.3 is 10.3 Å². The number of nitrogens with one attached hydrogen (secondary N) is 2. The second kappa shape index (κ2) is 8.20. The standard InChI is InChI=1S/C20H18F3N3O2S/c1-2-26-18(28)15-8-5-13(11-16(15)25-19(26)29)17(27)24-10-9-12-3-6-14(7-4-12)20(21,22)23/h3-8,11H,2,9-10H2,1H3,(H,24,27)(H,25,29). The molecule has 0 saturated carbocycles. The Morgan fingerprint density at radius 1 is 1.17 bits per heavy atom. The molecule has 152 valence electrons. The van der Waals surface area contributed by atoms with Crippen molar-refractivity contribution in [2.24, 2.45) is 0 Å². The number of fused-ring (bicyclic) bond motifs is 1. The maximum atomic E-state index is 12.6. The zero-order chi connectivity index (χ0) is 21.2. The van der Waals surface area contributed by atoms with Crippen molar-refractivity contribution < 1.29 is 18.0 Å². The topological polar surface area (TPSA) is 66.9 Å². The third-order valence-electron chi connectivity index (χ3n) is 4.54. The predicted molar refractivity (Wildman–Crippen MR) is 107 cm³/mol. The zero-order valence-corrected chi connectivity index (χ0v) is 16.3. The highest BCUT2D eigenvalue weighted by Crippen LogP contribution is 2.29. The van der Waals surface area contributed by atoms with E-state index in [9.17, 15) is 22.8 Å². The highest BCUT2D eigenvalue weighted by molar-refractivity contribution is 7.71. The third kappa shape index (κ3) is 4.56. The Morgan fingerprint density at radius 3 is 2.48 bits per heavy atom. The van der Waals surface area contributed by atoms with Crippen molar-refractivity contribution >= 4 is 29.0 Å². The minimum Gasteiger partial charge on any atom is -0.352 e. The Hall–Kier alpha value is -2.94. The van der Waals surface area contributed by atoms with Crippen molar-refractivity contribution in [3.05, 3.63) is 74.3 Å². The van der Waals surface area contributed by atoms with E-state index in [2.05, 4.69) is 10.3 Å². The van der Waals surface area contributed by atoms with Crippen LogP contribution in [0, 0.1) is 4.77 Å². The molecule has 0 atom stereocenters. The fourth-order valence-corrected chi connectivity index (χ4v) is 3.29. The molecule has 0 unspecified atom stereocenters. The molecule has 0 saturated heterocycles. The molecule has 0 fully saturated rings. The Morgan fingerprint density at radius 2 is 1.86 bits per heavy atom. The maximum absolute atomic E-state index is 12.6. The monoisotopic (exact) mass is 421 g/mol. The Balaban J connectivity index is 1.69. The number of carbonyl (C=O) groups excluding carboxylic acids is 1. The van der Waals surface area contributed by atoms with Crippen molar-refractivity contribution in [2.45, 2.75) is 26.1 Å². The molecule has 2 aromatic carbocycles. The molecule has 3 rings (SSSR count). The summed E-state index contributed by atoms with van der Waals surface area (Å²) in [5.74, 6) is -0.349. The normalized spacial score (nSPS) is 11.6. The molecule has 0 bridgehead atoms. The van der Waals surface area contributed by atoms with Crippen LogP contribution >= 0.6 is 12.2 Å². The van der Waals surface area contributed by atoms with Crippen LogP contribution in [0.1, 0.15) is 28.4 Å². The average molecular weight is 421 g/mol. The third-order valence-corrected chi connectivity index (χ3v) is 4.86. The second-order valence-corrected chi connectivity index (χ2v) is 6.83. The molecule has 1 aromatic heterocycles. The summed E-state index contributed by atoms with van der Waals surface area (Å²) >= 11 is 5.17. The number of benzene rings is 2. The van der Waals surface area contributed by atoms with Gasteiger partial charge in [0, 0.05) is 18.7 Å². The molecule has 1 heterocycles. The van der Waals surface area contributed by atoms with Crippen molar-refractivity contribution in [3.8, 4) is 0 Å². The van der Waals surface area contributed by atoms with E-state index in [0.717, 1.165) is 12.1 Å². The van der Waals surface area contributed by atoms with Crippen LogP contribution < -0.4 is 10.9 Å². The molecule has 5 nitrogen and oxygen atoms in total. The number of hydrogen-bond acceptors (Lipinski definition) is 3. The van der Waals surface area contributed by atoms with Crippen LogP contribution in [0.4, 0.5) is 13.2 Å². The van der Waals surface area contributed by atoms with Gasteiger partial charge >= 0.3 is 6.18 Å². The lowest BCUT2D eigenvalue weighted by atomic mass is 10.1. The lowest BCUT2D eigenvalue weighted by Gasteiger charge is -2.09. The Labute approximate surface area is 169 Å². The van der Waals surface area contributed by atoms with Gasteiger partial charge in [0.05, 0.1) is 16.5 Å². The zero-order valence-electron chi connectivity index (χ0n) is 15.5. The van der Waals surface area contributed by atoms with Crippen molar-refractivity contribution in [2.75, 3.05) is 6.54 Å². The van der Waals surface area contributed by atoms with Gasteiger partial charge in [-0.15, -0.1) is 0 Å². The summed E-state index contributed by atoms with van der Waals surface area (Å²) in [4.78, 5) is 27.7. The average Bonchev–Trinajstić information content (AvgIpc) is 2.67. The number of H-pyrrole nitrogens is 1. The molecule has 3 aromatic rings. The van der Waals surface area contributed by atoms with E-state index >= 15 is 0 Å². The van der Waals surface area contributed by atoms with Crippen molar-refractivity contribution in [3.63, 3.8) is 0 Å². The minimum atomic E-state index is -4.37. The number of aromatic amines is 1. The number of nitrogens with zero attached hydrogens (tertiary/aromatic N) is 1. The maximum Gasteiger partial charge on any atom is 0.416 e. The van der Waals surface area contributed by atoms with Crippen LogP contribution in [0.15, 0.2) is 47.3 Å². The molecule has 0 aliphatic rings. The number of amides is 1. The van der Waals surface area contributed by atoms with Gasteiger partial charge in [-0.1, -0.05) is 12.1 Å². The lowest BCUT2D eigenvalue weighted by molar-refractivity contribution is -0.137.